The van der Waals surface area contributed by atoms with Crippen LogP contribution in [0.2, 0.25) is 0 Å². The molecule has 1 unspecified atom stereocenters. The van der Waals surface area contributed by atoms with E-state index in [1.54, 1.807) is 25.6 Å². The van der Waals surface area contributed by atoms with Crippen LogP contribution in [-0.2, 0) is 11.2 Å². The van der Waals surface area contributed by atoms with Crippen molar-refractivity contribution in [1.82, 2.24) is 4.90 Å². The fourth-order valence-corrected chi connectivity index (χ4v) is 4.04. The van der Waals surface area contributed by atoms with Gasteiger partial charge in [0.1, 0.15) is 0 Å². The molecule has 1 aliphatic heterocycles. The standard InChI is InChI=1S/C20H26N2O3S/c1-24-18-9-7-15(13-19(18)25-2)21-16-5-3-11-22(14-16)20(23)10-8-17-6-4-12-26-17/h4,6-7,9,12-13,16,21H,3,5,8,10-11,14H2,1-2H3. The minimum Gasteiger partial charge on any atom is -0.493 e. The van der Waals surface area contributed by atoms with E-state index in [0.717, 1.165) is 38.0 Å². The Hall–Kier alpha value is -2.21. The van der Waals surface area contributed by atoms with E-state index in [0.29, 0.717) is 17.9 Å². The lowest BCUT2D eigenvalue weighted by Gasteiger charge is -2.34. The van der Waals surface area contributed by atoms with Crippen molar-refractivity contribution in [2.24, 2.45) is 0 Å². The molecule has 5 nitrogen and oxygen atoms in total. The fraction of sp³-hybridized carbons (Fsp3) is 0.450. The summed E-state index contributed by atoms with van der Waals surface area (Å²) in [4.78, 5) is 15.8. The summed E-state index contributed by atoms with van der Waals surface area (Å²) >= 11 is 1.72. The fourth-order valence-electron chi connectivity index (χ4n) is 3.33. The van der Waals surface area contributed by atoms with E-state index in [1.807, 2.05) is 29.2 Å². The molecule has 1 fully saturated rings. The number of ether oxygens (including phenoxy) is 2. The number of piperidine rings is 1. The minimum atomic E-state index is 0.247. The lowest BCUT2D eigenvalue weighted by Crippen LogP contribution is -2.45. The second-order valence-corrected chi connectivity index (χ2v) is 7.50. The average Bonchev–Trinajstić information content (AvgIpc) is 3.20. The van der Waals surface area contributed by atoms with Crippen LogP contribution < -0.4 is 14.8 Å². The van der Waals surface area contributed by atoms with E-state index in [-0.39, 0.29) is 11.9 Å². The van der Waals surface area contributed by atoms with Crippen LogP contribution in [0.3, 0.4) is 0 Å². The van der Waals surface area contributed by atoms with Crippen molar-refractivity contribution in [3.8, 4) is 11.5 Å². The van der Waals surface area contributed by atoms with Gasteiger partial charge in [0.2, 0.25) is 5.91 Å². The van der Waals surface area contributed by atoms with Crippen molar-refractivity contribution < 1.29 is 14.3 Å². The zero-order chi connectivity index (χ0) is 18.4. The predicted molar refractivity (Wildman–Crippen MR) is 105 cm³/mol. The molecular weight excluding hydrogens is 348 g/mol. The molecule has 6 heteroatoms. The minimum absolute atomic E-state index is 0.247. The summed E-state index contributed by atoms with van der Waals surface area (Å²) < 4.78 is 10.6. The Bertz CT molecular complexity index is 718. The maximum atomic E-state index is 12.5. The van der Waals surface area contributed by atoms with Crippen molar-refractivity contribution in [2.45, 2.75) is 31.7 Å². The van der Waals surface area contributed by atoms with Crippen LogP contribution >= 0.6 is 11.3 Å². The lowest BCUT2D eigenvalue weighted by molar-refractivity contribution is -0.132. The van der Waals surface area contributed by atoms with E-state index >= 15 is 0 Å². The van der Waals surface area contributed by atoms with Crippen LogP contribution in [0.25, 0.3) is 0 Å². The number of benzene rings is 1. The summed E-state index contributed by atoms with van der Waals surface area (Å²) in [5.74, 6) is 1.67. The molecule has 2 aromatic rings. The number of anilines is 1. The zero-order valence-corrected chi connectivity index (χ0v) is 16.2. The van der Waals surface area contributed by atoms with Gasteiger partial charge in [-0.25, -0.2) is 0 Å². The van der Waals surface area contributed by atoms with Gasteiger partial charge in [0.05, 0.1) is 14.2 Å². The highest BCUT2D eigenvalue weighted by Crippen LogP contribution is 2.30. The summed E-state index contributed by atoms with van der Waals surface area (Å²) in [6.07, 6.45) is 3.50. The Labute approximate surface area is 158 Å². The molecule has 1 aliphatic rings. The summed E-state index contributed by atoms with van der Waals surface area (Å²) in [6.45, 7) is 1.60. The monoisotopic (exact) mass is 374 g/mol. The number of aryl methyl sites for hydroxylation is 1. The first-order chi connectivity index (χ1) is 12.7. The number of carbonyl (C=O) groups is 1. The first kappa shape index (κ1) is 18.6. The number of nitrogens with one attached hydrogen (secondary N) is 1. The summed E-state index contributed by atoms with van der Waals surface area (Å²) in [5, 5.41) is 5.59. The molecule has 0 radical (unpaired) electrons. The van der Waals surface area contributed by atoms with Crippen molar-refractivity contribution in [3.63, 3.8) is 0 Å². The normalized spacial score (nSPS) is 17.0. The molecular formula is C20H26N2O3S. The van der Waals surface area contributed by atoms with E-state index in [1.165, 1.54) is 4.88 Å². The third-order valence-corrected chi connectivity index (χ3v) is 5.63. The summed E-state index contributed by atoms with van der Waals surface area (Å²) in [5.41, 5.74) is 0.987. The Balaban J connectivity index is 1.55. The van der Waals surface area contributed by atoms with E-state index < -0.39 is 0 Å². The number of hydrogen-bond donors (Lipinski definition) is 1. The van der Waals surface area contributed by atoms with Crippen LogP contribution in [0.15, 0.2) is 35.7 Å². The molecule has 1 saturated heterocycles. The van der Waals surface area contributed by atoms with Gasteiger partial charge in [-0.15, -0.1) is 11.3 Å². The quantitative estimate of drug-likeness (QED) is 0.801. The zero-order valence-electron chi connectivity index (χ0n) is 15.4. The van der Waals surface area contributed by atoms with Crippen molar-refractivity contribution >= 4 is 22.9 Å². The Kier molecular flexibility index (Phi) is 6.39. The van der Waals surface area contributed by atoms with E-state index in [4.69, 9.17) is 9.47 Å². The molecule has 1 aromatic heterocycles. The number of rotatable bonds is 7. The maximum Gasteiger partial charge on any atom is 0.223 e. The number of carbonyl (C=O) groups excluding carboxylic acids is 1. The van der Waals surface area contributed by atoms with Crippen molar-refractivity contribution in [1.29, 1.82) is 0 Å². The molecule has 2 heterocycles. The molecule has 0 bridgehead atoms. The van der Waals surface area contributed by atoms with Crippen LogP contribution in [0.1, 0.15) is 24.1 Å². The molecule has 1 aromatic carbocycles. The number of likely N-dealkylation sites (tertiary alicyclic amines) is 1. The molecule has 0 spiro atoms. The summed E-state index contributed by atoms with van der Waals surface area (Å²) in [7, 11) is 3.27. The first-order valence-corrected chi connectivity index (χ1v) is 9.86. The first-order valence-electron chi connectivity index (χ1n) is 8.98. The predicted octanol–water partition coefficient (Wildman–Crippen LogP) is 3.80. The van der Waals surface area contributed by atoms with Gasteiger partial charge in [-0.1, -0.05) is 6.07 Å². The van der Waals surface area contributed by atoms with Gasteiger partial charge in [0.15, 0.2) is 11.5 Å². The van der Waals surface area contributed by atoms with E-state index in [2.05, 4.69) is 16.8 Å². The molecule has 140 valence electrons. The number of hydrogen-bond acceptors (Lipinski definition) is 5. The van der Waals surface area contributed by atoms with Gasteiger partial charge >= 0.3 is 0 Å². The van der Waals surface area contributed by atoms with Crippen molar-refractivity contribution in [3.05, 3.63) is 40.6 Å². The van der Waals surface area contributed by atoms with Gasteiger partial charge in [-0.05, 0) is 42.8 Å². The van der Waals surface area contributed by atoms with Gasteiger partial charge in [0, 0.05) is 42.2 Å². The largest absolute Gasteiger partial charge is 0.493 e. The molecule has 1 atom stereocenters. The highest BCUT2D eigenvalue weighted by molar-refractivity contribution is 7.09. The highest BCUT2D eigenvalue weighted by Gasteiger charge is 2.23. The summed E-state index contributed by atoms with van der Waals surface area (Å²) in [6, 6.07) is 10.2. The topological polar surface area (TPSA) is 50.8 Å². The van der Waals surface area contributed by atoms with Gasteiger partial charge in [-0.3, -0.25) is 4.79 Å². The third-order valence-electron chi connectivity index (χ3n) is 4.69. The van der Waals surface area contributed by atoms with Gasteiger partial charge in [0.25, 0.3) is 0 Å². The second kappa shape index (κ2) is 8.94. The Morgan fingerprint density at radius 1 is 1.27 bits per heavy atom. The number of methoxy groups -OCH3 is 2. The van der Waals surface area contributed by atoms with Crippen LogP contribution in [-0.4, -0.2) is 44.2 Å². The van der Waals surface area contributed by atoms with Crippen LogP contribution in [0.5, 0.6) is 11.5 Å². The van der Waals surface area contributed by atoms with Gasteiger partial charge < -0.3 is 19.7 Å². The number of thiophene rings is 1. The maximum absolute atomic E-state index is 12.5. The number of nitrogens with zero attached hydrogens (tertiary/aromatic N) is 1. The molecule has 26 heavy (non-hydrogen) atoms. The average molecular weight is 375 g/mol. The molecule has 0 saturated carbocycles. The smallest absolute Gasteiger partial charge is 0.223 e. The molecule has 1 amide bonds. The Morgan fingerprint density at radius 2 is 2.12 bits per heavy atom. The Morgan fingerprint density at radius 3 is 2.85 bits per heavy atom. The number of amides is 1. The lowest BCUT2D eigenvalue weighted by atomic mass is 10.0. The highest BCUT2D eigenvalue weighted by atomic mass is 32.1. The van der Waals surface area contributed by atoms with Gasteiger partial charge in [-0.2, -0.15) is 0 Å². The van der Waals surface area contributed by atoms with Crippen molar-refractivity contribution in [2.75, 3.05) is 32.6 Å². The molecule has 1 N–H and O–H groups in total. The second-order valence-electron chi connectivity index (χ2n) is 6.47. The SMILES string of the molecule is COc1ccc(NC2CCCN(C(=O)CCc3cccs3)C2)cc1OC. The third kappa shape index (κ3) is 4.69. The van der Waals surface area contributed by atoms with Crippen LogP contribution in [0, 0.1) is 0 Å². The van der Waals surface area contributed by atoms with E-state index in [9.17, 15) is 4.79 Å². The van der Waals surface area contributed by atoms with Crippen LogP contribution in [0.4, 0.5) is 5.69 Å². The molecule has 3 rings (SSSR count). The molecule has 0 aliphatic carbocycles.